The fourth-order valence-electron chi connectivity index (χ4n) is 1.18. The number of carboxylic acids is 1. The molecule has 0 aliphatic carbocycles. The molecule has 1 fully saturated rings. The lowest BCUT2D eigenvalue weighted by Gasteiger charge is -2.27. The van der Waals surface area contributed by atoms with Crippen LogP contribution in [0.2, 0.25) is 0 Å². The molecular formula is C8H14N2O4S. The second kappa shape index (κ2) is 5.11. The van der Waals surface area contributed by atoms with Crippen LogP contribution < -0.4 is 5.32 Å². The number of nitrogens with zero attached hydrogens (tertiary/aromatic N) is 1. The Kier molecular flexibility index (Phi) is 4.07. The van der Waals surface area contributed by atoms with Gasteiger partial charge in [0.2, 0.25) is 0 Å². The topological polar surface area (TPSA) is 86.7 Å². The van der Waals surface area contributed by atoms with Crippen LogP contribution in [0.3, 0.4) is 0 Å². The monoisotopic (exact) mass is 234 g/mol. The lowest BCUT2D eigenvalue weighted by molar-refractivity contribution is -0.138. The largest absolute Gasteiger partial charge is 0.480 e. The summed E-state index contributed by atoms with van der Waals surface area (Å²) in [5, 5.41) is 10.9. The number of nitrogens with one attached hydrogen (secondary N) is 1. The van der Waals surface area contributed by atoms with Crippen LogP contribution in [-0.4, -0.2) is 56.9 Å². The summed E-state index contributed by atoms with van der Waals surface area (Å²) in [6.07, 6.45) is 0. The summed E-state index contributed by atoms with van der Waals surface area (Å²) < 4.78 is 11.0. The van der Waals surface area contributed by atoms with Gasteiger partial charge in [0.25, 0.3) is 0 Å². The van der Waals surface area contributed by atoms with Gasteiger partial charge in [0.1, 0.15) is 6.04 Å². The Morgan fingerprint density at radius 1 is 1.40 bits per heavy atom. The van der Waals surface area contributed by atoms with Crippen molar-refractivity contribution in [2.45, 2.75) is 13.0 Å². The van der Waals surface area contributed by atoms with Crippen molar-refractivity contribution >= 4 is 22.8 Å². The van der Waals surface area contributed by atoms with Crippen LogP contribution in [0.15, 0.2) is 0 Å². The maximum atomic E-state index is 11.5. The SMILES string of the molecule is CC(NC(=O)N1CCS(=O)CC1)C(=O)O. The van der Waals surface area contributed by atoms with Gasteiger partial charge in [-0.05, 0) is 6.92 Å². The highest BCUT2D eigenvalue weighted by molar-refractivity contribution is 7.85. The van der Waals surface area contributed by atoms with Gasteiger partial charge in [-0.2, -0.15) is 0 Å². The molecule has 0 saturated carbocycles. The second-order valence-corrected chi connectivity index (χ2v) is 5.04. The van der Waals surface area contributed by atoms with Crippen LogP contribution in [-0.2, 0) is 15.6 Å². The molecule has 0 radical (unpaired) electrons. The first-order valence-corrected chi connectivity index (χ1v) is 6.12. The molecule has 15 heavy (non-hydrogen) atoms. The Balaban J connectivity index is 2.40. The van der Waals surface area contributed by atoms with Gasteiger partial charge in [0, 0.05) is 35.4 Å². The van der Waals surface area contributed by atoms with E-state index in [2.05, 4.69) is 5.32 Å². The van der Waals surface area contributed by atoms with Crippen LogP contribution in [0.5, 0.6) is 0 Å². The van der Waals surface area contributed by atoms with Crippen molar-refractivity contribution < 1.29 is 18.9 Å². The normalized spacial score (nSPS) is 19.7. The van der Waals surface area contributed by atoms with Crippen molar-refractivity contribution in [1.82, 2.24) is 10.2 Å². The number of hydrogen-bond acceptors (Lipinski definition) is 3. The van der Waals surface area contributed by atoms with Crippen LogP contribution in [0.25, 0.3) is 0 Å². The Bertz CT molecular complexity index is 284. The minimum atomic E-state index is -1.07. The predicted octanol–water partition coefficient (Wildman–Crippen LogP) is -0.767. The van der Waals surface area contributed by atoms with Crippen molar-refractivity contribution in [2.24, 2.45) is 0 Å². The minimum Gasteiger partial charge on any atom is -0.480 e. The molecule has 1 saturated heterocycles. The van der Waals surface area contributed by atoms with Crippen LogP contribution in [0.4, 0.5) is 4.79 Å². The van der Waals surface area contributed by atoms with Crippen molar-refractivity contribution in [3.8, 4) is 0 Å². The first kappa shape index (κ1) is 12.0. The van der Waals surface area contributed by atoms with Gasteiger partial charge >= 0.3 is 12.0 Å². The van der Waals surface area contributed by atoms with Gasteiger partial charge in [0.15, 0.2) is 0 Å². The Morgan fingerprint density at radius 3 is 2.40 bits per heavy atom. The quantitative estimate of drug-likeness (QED) is 0.657. The Labute approximate surface area is 90.1 Å². The van der Waals surface area contributed by atoms with Crippen LogP contribution in [0, 0.1) is 0 Å². The van der Waals surface area contributed by atoms with E-state index >= 15 is 0 Å². The summed E-state index contributed by atoms with van der Waals surface area (Å²) in [5.74, 6) is -0.132. The molecule has 1 heterocycles. The molecule has 0 aromatic heterocycles. The third kappa shape index (κ3) is 3.50. The van der Waals surface area contributed by atoms with Gasteiger partial charge < -0.3 is 15.3 Å². The van der Waals surface area contributed by atoms with Gasteiger partial charge in [-0.3, -0.25) is 9.00 Å². The third-order valence-corrected chi connectivity index (χ3v) is 3.45. The number of carboxylic acid groups (broad SMARTS) is 1. The Morgan fingerprint density at radius 2 is 1.93 bits per heavy atom. The third-order valence-electron chi connectivity index (χ3n) is 2.18. The molecule has 86 valence electrons. The summed E-state index contributed by atoms with van der Waals surface area (Å²) in [5.41, 5.74) is 0. The number of aliphatic carboxylic acids is 1. The summed E-state index contributed by atoms with van der Waals surface area (Å²) in [7, 11) is -0.837. The van der Waals surface area contributed by atoms with Gasteiger partial charge in [-0.25, -0.2) is 4.79 Å². The highest BCUT2D eigenvalue weighted by Gasteiger charge is 2.22. The summed E-state index contributed by atoms with van der Waals surface area (Å²) in [6.45, 7) is 2.25. The summed E-state index contributed by atoms with van der Waals surface area (Å²) >= 11 is 0. The van der Waals surface area contributed by atoms with E-state index in [0.717, 1.165) is 0 Å². The number of urea groups is 1. The predicted molar refractivity (Wildman–Crippen MR) is 55.1 cm³/mol. The maximum absolute atomic E-state index is 11.5. The van der Waals surface area contributed by atoms with E-state index in [1.54, 1.807) is 0 Å². The molecule has 0 spiro atoms. The molecule has 2 amide bonds. The zero-order chi connectivity index (χ0) is 11.4. The molecule has 2 N–H and O–H groups in total. The zero-order valence-electron chi connectivity index (χ0n) is 8.43. The first-order chi connectivity index (χ1) is 7.00. The second-order valence-electron chi connectivity index (χ2n) is 3.34. The van der Waals surface area contributed by atoms with Crippen LogP contribution >= 0.6 is 0 Å². The summed E-state index contributed by atoms with van der Waals surface area (Å²) in [6, 6.07) is -1.30. The molecule has 0 bridgehead atoms. The molecule has 7 heteroatoms. The first-order valence-electron chi connectivity index (χ1n) is 4.64. The van der Waals surface area contributed by atoms with E-state index < -0.39 is 28.8 Å². The van der Waals surface area contributed by atoms with E-state index in [1.807, 2.05) is 0 Å². The molecule has 1 aliphatic rings. The molecule has 1 unspecified atom stereocenters. The number of amides is 2. The molecule has 6 nitrogen and oxygen atoms in total. The van der Waals surface area contributed by atoms with Crippen LogP contribution in [0.1, 0.15) is 6.92 Å². The van der Waals surface area contributed by atoms with E-state index in [4.69, 9.17) is 5.11 Å². The van der Waals surface area contributed by atoms with Crippen molar-refractivity contribution in [1.29, 1.82) is 0 Å². The molecule has 1 atom stereocenters. The Hall–Kier alpha value is -1.11. The van der Waals surface area contributed by atoms with Crippen molar-refractivity contribution in [2.75, 3.05) is 24.6 Å². The fourth-order valence-corrected chi connectivity index (χ4v) is 2.23. The number of carbonyl (C=O) groups excluding carboxylic acids is 1. The van der Waals surface area contributed by atoms with E-state index in [-0.39, 0.29) is 0 Å². The number of rotatable bonds is 2. The van der Waals surface area contributed by atoms with E-state index in [9.17, 15) is 13.8 Å². The average Bonchev–Trinajstić information content (AvgIpc) is 2.18. The highest BCUT2D eigenvalue weighted by atomic mass is 32.2. The summed E-state index contributed by atoms with van der Waals surface area (Å²) in [4.78, 5) is 23.4. The van der Waals surface area contributed by atoms with Crippen molar-refractivity contribution in [3.05, 3.63) is 0 Å². The van der Waals surface area contributed by atoms with E-state index in [0.29, 0.717) is 24.6 Å². The maximum Gasteiger partial charge on any atom is 0.325 e. The molecule has 0 aromatic carbocycles. The fraction of sp³-hybridized carbons (Fsp3) is 0.750. The minimum absolute atomic E-state index is 0.401. The zero-order valence-corrected chi connectivity index (χ0v) is 9.25. The smallest absolute Gasteiger partial charge is 0.325 e. The highest BCUT2D eigenvalue weighted by Crippen LogP contribution is 2.00. The van der Waals surface area contributed by atoms with Gasteiger partial charge in [-0.15, -0.1) is 0 Å². The van der Waals surface area contributed by atoms with Gasteiger partial charge in [0.05, 0.1) is 0 Å². The standard InChI is InChI=1S/C8H14N2O4S/c1-6(7(11)12)9-8(13)10-2-4-15(14)5-3-10/h6H,2-5H2,1H3,(H,9,13)(H,11,12). The number of hydrogen-bond donors (Lipinski definition) is 2. The number of carbonyl (C=O) groups is 2. The lowest BCUT2D eigenvalue weighted by atomic mass is 10.3. The lowest BCUT2D eigenvalue weighted by Crippen LogP contribution is -2.50. The molecule has 0 aromatic rings. The molecular weight excluding hydrogens is 220 g/mol. The molecule has 1 rings (SSSR count). The van der Waals surface area contributed by atoms with E-state index in [1.165, 1.54) is 11.8 Å². The molecule has 1 aliphatic heterocycles. The van der Waals surface area contributed by atoms with Crippen molar-refractivity contribution in [3.63, 3.8) is 0 Å². The van der Waals surface area contributed by atoms with Gasteiger partial charge in [-0.1, -0.05) is 0 Å². The average molecular weight is 234 g/mol.